The van der Waals surface area contributed by atoms with Gasteiger partial charge in [-0.1, -0.05) is 12.8 Å². The number of aromatic nitrogens is 2. The molecule has 2 aliphatic rings. The predicted molar refractivity (Wildman–Crippen MR) is 109 cm³/mol. The number of hydrogen-bond donors (Lipinski definition) is 2. The molecule has 2 heterocycles. The van der Waals surface area contributed by atoms with Crippen molar-refractivity contribution in [3.8, 4) is 0 Å². The number of H-pyrrole nitrogens is 1. The van der Waals surface area contributed by atoms with Crippen LogP contribution in [-0.2, 0) is 0 Å². The summed E-state index contributed by atoms with van der Waals surface area (Å²) >= 11 is 0. The molecule has 0 radical (unpaired) electrons. The lowest BCUT2D eigenvalue weighted by molar-refractivity contribution is -0.188. The molecule has 2 unspecified atom stereocenters. The maximum absolute atomic E-state index is 13.0. The van der Waals surface area contributed by atoms with Crippen LogP contribution in [0.3, 0.4) is 0 Å². The van der Waals surface area contributed by atoms with Crippen LogP contribution in [0, 0.1) is 17.8 Å². The lowest BCUT2D eigenvalue weighted by Gasteiger charge is -2.38. The average molecular weight is 459 g/mol. The van der Waals surface area contributed by atoms with E-state index in [4.69, 9.17) is 5.73 Å². The van der Waals surface area contributed by atoms with E-state index >= 15 is 0 Å². The molecule has 176 valence electrons. The third-order valence-corrected chi connectivity index (χ3v) is 6.51. The van der Waals surface area contributed by atoms with Crippen molar-refractivity contribution in [1.29, 1.82) is 0 Å². The van der Waals surface area contributed by atoms with Crippen LogP contribution in [0.5, 0.6) is 0 Å². The molecule has 2 aromatic heterocycles. The molecule has 2 aromatic rings. The van der Waals surface area contributed by atoms with Crippen LogP contribution >= 0.6 is 0 Å². The molecule has 3 N–H and O–H groups in total. The second-order valence-electron chi connectivity index (χ2n) is 8.65. The Morgan fingerprint density at radius 1 is 1.09 bits per heavy atom. The summed E-state index contributed by atoms with van der Waals surface area (Å²) in [5.74, 6) is -4.42. The number of amides is 1. The van der Waals surface area contributed by atoms with Crippen LogP contribution in [-0.4, -0.2) is 28.0 Å². The highest BCUT2D eigenvalue weighted by Gasteiger charge is 2.45. The summed E-state index contributed by atoms with van der Waals surface area (Å²) in [6.45, 7) is 0. The summed E-state index contributed by atoms with van der Waals surface area (Å²) < 4.78 is 64.1. The molecule has 0 spiro atoms. The van der Waals surface area contributed by atoms with Gasteiger partial charge in [0.1, 0.15) is 5.69 Å². The third-order valence-electron chi connectivity index (χ3n) is 6.51. The zero-order valence-corrected chi connectivity index (χ0v) is 17.4. The summed E-state index contributed by atoms with van der Waals surface area (Å²) in [6, 6.07) is 2.94. The number of nitrogens with one attached hydrogen (secondary N) is 1. The van der Waals surface area contributed by atoms with Crippen molar-refractivity contribution in [2.75, 3.05) is 0 Å². The fourth-order valence-corrected chi connectivity index (χ4v) is 4.80. The Hall–Kier alpha value is -2.52. The lowest BCUT2D eigenvalue weighted by Crippen LogP contribution is -2.34. The Bertz CT molecular complexity index is 990. The quantitative estimate of drug-likeness (QED) is 0.605. The van der Waals surface area contributed by atoms with E-state index in [2.05, 4.69) is 9.97 Å². The van der Waals surface area contributed by atoms with Gasteiger partial charge in [-0.3, -0.25) is 14.6 Å². The Balaban J connectivity index is 0.000000186. The van der Waals surface area contributed by atoms with Gasteiger partial charge in [-0.05, 0) is 43.6 Å². The van der Waals surface area contributed by atoms with Crippen molar-refractivity contribution in [3.05, 3.63) is 40.4 Å². The maximum atomic E-state index is 13.0. The standard InChI is InChI=1S/C13H19F5.C9H7N3O2/c14-12(15)6-4-9(5-7-12)10-2-1-3-11(8-10)13(16,17)18;10-9(14)8-7-5(1-3-12-8)11-4-2-6(7)13/h9-11H,1-8H2;1-4H,(H2,10,14)(H,11,13). The van der Waals surface area contributed by atoms with E-state index in [0.29, 0.717) is 24.8 Å². The summed E-state index contributed by atoms with van der Waals surface area (Å²) in [5.41, 5.74) is 5.39. The maximum Gasteiger partial charge on any atom is 0.391 e. The molecule has 2 saturated carbocycles. The predicted octanol–water partition coefficient (Wildman–Crippen LogP) is 5.20. The molecule has 2 fully saturated rings. The first kappa shape index (κ1) is 24.1. The van der Waals surface area contributed by atoms with Crippen LogP contribution in [0.25, 0.3) is 10.9 Å². The van der Waals surface area contributed by atoms with E-state index in [-0.39, 0.29) is 54.0 Å². The van der Waals surface area contributed by atoms with Crippen molar-refractivity contribution in [2.45, 2.75) is 63.5 Å². The zero-order valence-electron chi connectivity index (χ0n) is 17.4. The zero-order chi connectivity index (χ0) is 23.5. The van der Waals surface area contributed by atoms with Gasteiger partial charge in [-0.25, -0.2) is 8.78 Å². The van der Waals surface area contributed by atoms with Gasteiger partial charge < -0.3 is 10.7 Å². The second-order valence-corrected chi connectivity index (χ2v) is 8.65. The summed E-state index contributed by atoms with van der Waals surface area (Å²) in [5, 5.41) is 0.238. The Morgan fingerprint density at radius 3 is 2.41 bits per heavy atom. The number of hydrogen-bond acceptors (Lipinski definition) is 3. The number of halogens is 5. The van der Waals surface area contributed by atoms with Crippen LogP contribution in [0.4, 0.5) is 22.0 Å². The van der Waals surface area contributed by atoms with Crippen LogP contribution in [0.1, 0.15) is 61.9 Å². The van der Waals surface area contributed by atoms with E-state index in [1.807, 2.05) is 0 Å². The Kier molecular flexibility index (Phi) is 7.19. The molecule has 0 aliphatic heterocycles. The van der Waals surface area contributed by atoms with Gasteiger partial charge in [0, 0.05) is 31.3 Å². The van der Waals surface area contributed by atoms with Gasteiger partial charge in [-0.15, -0.1) is 0 Å². The van der Waals surface area contributed by atoms with Crippen LogP contribution in [0.15, 0.2) is 29.3 Å². The number of carbonyl (C=O) groups excluding carboxylic acids is 1. The monoisotopic (exact) mass is 459 g/mol. The van der Waals surface area contributed by atoms with E-state index in [9.17, 15) is 31.5 Å². The molecule has 2 atom stereocenters. The Labute approximate surface area is 181 Å². The highest BCUT2D eigenvalue weighted by atomic mass is 19.4. The minimum Gasteiger partial charge on any atom is -0.364 e. The fraction of sp³-hybridized carbons (Fsp3) is 0.591. The van der Waals surface area contributed by atoms with Crippen LogP contribution < -0.4 is 11.2 Å². The van der Waals surface area contributed by atoms with Crippen molar-refractivity contribution >= 4 is 16.8 Å². The third kappa shape index (κ3) is 5.83. The molecular weight excluding hydrogens is 433 g/mol. The molecule has 0 saturated heterocycles. The first-order chi connectivity index (χ1) is 15.0. The lowest BCUT2D eigenvalue weighted by atomic mass is 9.69. The van der Waals surface area contributed by atoms with Gasteiger partial charge >= 0.3 is 6.18 Å². The molecule has 2 aliphatic carbocycles. The summed E-state index contributed by atoms with van der Waals surface area (Å²) in [6.07, 6.45) is 1.04. The highest BCUT2D eigenvalue weighted by molar-refractivity contribution is 6.03. The van der Waals surface area contributed by atoms with Gasteiger partial charge in [0.05, 0.1) is 16.8 Å². The number of nitrogens with zero attached hydrogens (tertiary/aromatic N) is 1. The number of aromatic amines is 1. The van der Waals surface area contributed by atoms with Gasteiger partial charge in [-0.2, -0.15) is 13.2 Å². The average Bonchev–Trinajstić information content (AvgIpc) is 2.73. The van der Waals surface area contributed by atoms with Crippen molar-refractivity contribution in [3.63, 3.8) is 0 Å². The van der Waals surface area contributed by atoms with E-state index in [1.165, 1.54) is 18.5 Å². The van der Waals surface area contributed by atoms with Gasteiger partial charge in [0.15, 0.2) is 5.43 Å². The number of primary amides is 1. The molecular formula is C22H26F5N3O2. The molecule has 5 nitrogen and oxygen atoms in total. The summed E-state index contributed by atoms with van der Waals surface area (Å²) in [7, 11) is 0. The van der Waals surface area contributed by atoms with E-state index < -0.39 is 23.9 Å². The first-order valence-electron chi connectivity index (χ1n) is 10.7. The highest BCUT2D eigenvalue weighted by Crippen LogP contribution is 2.47. The number of pyridine rings is 2. The largest absolute Gasteiger partial charge is 0.391 e. The number of alkyl halides is 5. The SMILES string of the molecule is FC1(F)CCC(C2CCCC(C(F)(F)F)C2)CC1.NC(=O)c1nccc2[nH]ccc(=O)c12. The van der Waals surface area contributed by atoms with Crippen molar-refractivity contribution in [2.24, 2.45) is 23.5 Å². The number of carbonyl (C=O) groups is 1. The second kappa shape index (κ2) is 9.54. The smallest absolute Gasteiger partial charge is 0.364 e. The molecule has 1 amide bonds. The molecule has 0 bridgehead atoms. The van der Waals surface area contributed by atoms with Gasteiger partial charge in [0.2, 0.25) is 5.92 Å². The van der Waals surface area contributed by atoms with Crippen molar-refractivity contribution < 1.29 is 26.7 Å². The van der Waals surface area contributed by atoms with Crippen LogP contribution in [0.2, 0.25) is 0 Å². The minimum absolute atomic E-state index is 0.00137. The minimum atomic E-state index is -4.11. The van der Waals surface area contributed by atoms with Crippen molar-refractivity contribution in [1.82, 2.24) is 9.97 Å². The van der Waals surface area contributed by atoms with E-state index in [0.717, 1.165) is 6.42 Å². The number of rotatable bonds is 2. The first-order valence-corrected chi connectivity index (χ1v) is 10.7. The topological polar surface area (TPSA) is 88.8 Å². The summed E-state index contributed by atoms with van der Waals surface area (Å²) in [4.78, 5) is 29.0. The number of nitrogens with two attached hydrogens (primary N) is 1. The molecule has 0 aromatic carbocycles. The molecule has 10 heteroatoms. The normalized spacial score (nSPS) is 23.9. The van der Waals surface area contributed by atoms with E-state index in [1.54, 1.807) is 6.07 Å². The molecule has 32 heavy (non-hydrogen) atoms. The van der Waals surface area contributed by atoms with Gasteiger partial charge in [0.25, 0.3) is 5.91 Å². The Morgan fingerprint density at radius 2 is 1.78 bits per heavy atom. The fourth-order valence-electron chi connectivity index (χ4n) is 4.80. The molecule has 4 rings (SSSR count). The number of fused-ring (bicyclic) bond motifs is 1.